The van der Waals surface area contributed by atoms with Gasteiger partial charge in [-0.15, -0.1) is 0 Å². The molecule has 1 nitrogen and oxygen atoms in total. The van der Waals surface area contributed by atoms with Crippen LogP contribution in [0, 0.1) is 5.82 Å². The van der Waals surface area contributed by atoms with Gasteiger partial charge >= 0.3 is 65.0 Å². The number of alkyl halides is 2. The molecule has 0 amide bonds. The summed E-state index contributed by atoms with van der Waals surface area (Å²) >= 11 is 0. The van der Waals surface area contributed by atoms with Gasteiger partial charge in [0.2, 0.25) is 0 Å². The summed E-state index contributed by atoms with van der Waals surface area (Å²) in [6, 6.07) is 1.34. The molecule has 0 aliphatic carbocycles. The smallest absolute Gasteiger partial charge is 0.445 e. The van der Waals surface area contributed by atoms with Crippen LogP contribution in [0.1, 0.15) is 0 Å². The van der Waals surface area contributed by atoms with Crippen molar-refractivity contribution in [3.63, 3.8) is 0 Å². The Labute approximate surface area is 130 Å². The molecule has 0 aliphatic heterocycles. The number of rotatable bonds is 3. The molecule has 0 spiro atoms. The second-order valence-electron chi connectivity index (χ2n) is 2.64. The molecule has 1 rings (SSSR count). The molecule has 0 radical (unpaired) electrons. The number of halogens is 6. The van der Waals surface area contributed by atoms with Crippen LogP contribution < -0.4 is 61.6 Å². The van der Waals surface area contributed by atoms with E-state index in [4.69, 9.17) is 0 Å². The molecule has 0 aliphatic rings. The van der Waals surface area contributed by atoms with Crippen LogP contribution in [-0.2, 0) is 0 Å². The molecule has 0 saturated heterocycles. The molecule has 84 valence electrons. The fraction of sp³-hybridized carbons (Fsp3) is 0.143. The topological polar surface area (TPSA) is 9.23 Å². The first-order valence-electron chi connectivity index (χ1n) is 3.75. The minimum Gasteiger partial charge on any atom is -0.445 e. The summed E-state index contributed by atoms with van der Waals surface area (Å²) in [6.45, 7) is -8.82. The van der Waals surface area contributed by atoms with Crippen molar-refractivity contribution in [3.05, 3.63) is 24.0 Å². The third-order valence-electron chi connectivity index (χ3n) is 1.55. The number of benzene rings is 1. The first-order valence-corrected chi connectivity index (χ1v) is 3.75. The number of hydrogen-bond donors (Lipinski definition) is 0. The van der Waals surface area contributed by atoms with Gasteiger partial charge in [-0.25, -0.2) is 4.39 Å². The summed E-state index contributed by atoms with van der Waals surface area (Å²) in [6.07, 6.45) is 0. The first kappa shape index (κ1) is 16.3. The molecular weight excluding hydrogens is 264 g/mol. The zero-order chi connectivity index (χ0) is 11.6. The van der Waals surface area contributed by atoms with Gasteiger partial charge in [-0.1, -0.05) is 5.46 Å². The fourth-order valence-electron chi connectivity index (χ4n) is 0.949. The molecule has 0 atom stereocenters. The maximum absolute atomic E-state index is 12.7. The van der Waals surface area contributed by atoms with Gasteiger partial charge in [0, 0.05) is 0 Å². The summed E-state index contributed by atoms with van der Waals surface area (Å²) in [4.78, 5) is 0. The molecule has 0 fully saturated rings. The van der Waals surface area contributed by atoms with Crippen LogP contribution in [-0.4, -0.2) is 13.6 Å². The molecule has 0 saturated carbocycles. The van der Waals surface area contributed by atoms with Crippen molar-refractivity contribution in [1.82, 2.24) is 0 Å². The predicted octanol–water partition coefficient (Wildman–Crippen LogP) is -0.515. The van der Waals surface area contributed by atoms with Gasteiger partial charge in [0.15, 0.2) is 0 Å². The molecule has 0 aromatic heterocycles. The van der Waals surface area contributed by atoms with Crippen molar-refractivity contribution >= 4 is 12.4 Å². The number of hydrogen-bond acceptors (Lipinski definition) is 1. The molecule has 0 heterocycles. The molecule has 1 aromatic carbocycles. The van der Waals surface area contributed by atoms with Gasteiger partial charge in [0.05, 0.1) is 5.82 Å². The van der Waals surface area contributed by atoms with Crippen molar-refractivity contribution in [2.75, 3.05) is 0 Å². The predicted molar refractivity (Wildman–Crippen MR) is 41.7 cm³/mol. The summed E-state index contributed by atoms with van der Waals surface area (Å²) in [5, 5.41) is 0. The minimum absolute atomic E-state index is 0. The summed E-state index contributed by atoms with van der Waals surface area (Å²) in [5.41, 5.74) is -1.58. The standard InChI is InChI=1S/C7H4BF6O.K/c9-6-2-1-4(15-7(10)11)3-5(6)8(12,13)14;/h1-3,7H;/q-1;+1. The summed E-state index contributed by atoms with van der Waals surface area (Å²) < 4.78 is 76.1. The Morgan fingerprint density at radius 2 is 1.69 bits per heavy atom. The van der Waals surface area contributed by atoms with Gasteiger partial charge in [0.25, 0.3) is 0 Å². The Morgan fingerprint density at radius 1 is 1.12 bits per heavy atom. The van der Waals surface area contributed by atoms with Crippen LogP contribution in [0.15, 0.2) is 18.2 Å². The van der Waals surface area contributed by atoms with Gasteiger partial charge in [0.1, 0.15) is 5.75 Å². The molecule has 0 N–H and O–H groups in total. The molecule has 9 heteroatoms. The molecular formula is C7H4BF6KO. The van der Waals surface area contributed by atoms with E-state index in [1.165, 1.54) is 0 Å². The Morgan fingerprint density at radius 3 is 2.12 bits per heavy atom. The maximum Gasteiger partial charge on any atom is 1.00 e. The van der Waals surface area contributed by atoms with Crippen molar-refractivity contribution in [2.45, 2.75) is 6.61 Å². The zero-order valence-corrected chi connectivity index (χ0v) is 11.2. The number of ether oxygens (including phenoxy) is 1. The molecule has 0 bridgehead atoms. The van der Waals surface area contributed by atoms with Gasteiger partial charge in [-0.2, -0.15) is 8.78 Å². The normalized spacial score (nSPS) is 11.2. The third kappa shape index (κ3) is 4.66. The van der Waals surface area contributed by atoms with Gasteiger partial charge in [-0.05, 0) is 18.2 Å². The van der Waals surface area contributed by atoms with Crippen molar-refractivity contribution < 1.29 is 82.2 Å². The maximum atomic E-state index is 12.7. The van der Waals surface area contributed by atoms with Crippen LogP contribution in [0.5, 0.6) is 5.75 Å². The monoisotopic (exact) mass is 268 g/mol. The molecule has 1 aromatic rings. The van der Waals surface area contributed by atoms with Crippen molar-refractivity contribution in [1.29, 1.82) is 0 Å². The molecule has 0 unspecified atom stereocenters. The summed E-state index contributed by atoms with van der Waals surface area (Å²) in [5.74, 6) is -2.23. The van der Waals surface area contributed by atoms with E-state index in [1.54, 1.807) is 0 Å². The SMILES string of the molecule is Fc1ccc(OC(F)F)cc1[B-](F)(F)F.[K+]. The van der Waals surface area contributed by atoms with E-state index in [9.17, 15) is 26.1 Å². The third-order valence-corrected chi connectivity index (χ3v) is 1.55. The van der Waals surface area contributed by atoms with Crippen LogP contribution in [0.2, 0.25) is 0 Å². The fourth-order valence-corrected chi connectivity index (χ4v) is 0.949. The van der Waals surface area contributed by atoms with E-state index < -0.39 is 30.6 Å². The Kier molecular flexibility index (Phi) is 6.41. The zero-order valence-electron chi connectivity index (χ0n) is 8.06. The largest absolute Gasteiger partial charge is 1.00 e. The average Bonchev–Trinajstić information content (AvgIpc) is 2.05. The Balaban J connectivity index is 0.00000225. The van der Waals surface area contributed by atoms with E-state index in [2.05, 4.69) is 4.74 Å². The van der Waals surface area contributed by atoms with Crippen molar-refractivity contribution in [3.8, 4) is 5.75 Å². The Hall–Kier alpha value is 0.301. The van der Waals surface area contributed by atoms with Crippen LogP contribution in [0.25, 0.3) is 0 Å². The minimum atomic E-state index is -5.58. The van der Waals surface area contributed by atoms with Crippen molar-refractivity contribution in [2.24, 2.45) is 0 Å². The Bertz CT molecular complexity index is 355. The second-order valence-corrected chi connectivity index (χ2v) is 2.64. The van der Waals surface area contributed by atoms with Gasteiger partial charge in [-0.3, -0.25) is 0 Å². The molecule has 16 heavy (non-hydrogen) atoms. The van der Waals surface area contributed by atoms with Crippen LogP contribution >= 0.6 is 0 Å². The summed E-state index contributed by atoms with van der Waals surface area (Å²) in [7, 11) is 0. The average molecular weight is 268 g/mol. The van der Waals surface area contributed by atoms with Gasteiger partial charge < -0.3 is 17.7 Å². The van der Waals surface area contributed by atoms with E-state index in [0.29, 0.717) is 12.1 Å². The van der Waals surface area contributed by atoms with Crippen LogP contribution in [0.4, 0.5) is 26.1 Å². The van der Waals surface area contributed by atoms with E-state index in [-0.39, 0.29) is 57.5 Å². The van der Waals surface area contributed by atoms with E-state index in [0.717, 1.165) is 0 Å². The quantitative estimate of drug-likeness (QED) is 0.530. The van der Waals surface area contributed by atoms with Crippen LogP contribution in [0.3, 0.4) is 0 Å². The van der Waals surface area contributed by atoms with E-state index in [1.807, 2.05) is 0 Å². The first-order chi connectivity index (χ1) is 6.80. The van der Waals surface area contributed by atoms with E-state index >= 15 is 0 Å². The second kappa shape index (κ2) is 6.29.